The molecule has 1 aromatic rings. The first-order valence-corrected chi connectivity index (χ1v) is 7.27. The zero-order valence-electron chi connectivity index (χ0n) is 11.6. The van der Waals surface area contributed by atoms with E-state index in [2.05, 4.69) is 19.2 Å². The number of hydrogen-bond acceptors (Lipinski definition) is 2. The molecule has 5 heteroatoms. The molecule has 1 aromatic carbocycles. The Kier molecular flexibility index (Phi) is 3.26. The molecule has 1 amide bonds. The van der Waals surface area contributed by atoms with Crippen molar-refractivity contribution < 1.29 is 9.18 Å². The fourth-order valence-electron chi connectivity index (χ4n) is 3.57. The molecule has 0 aliphatic carbocycles. The van der Waals surface area contributed by atoms with Crippen LogP contribution < -0.4 is 5.32 Å². The van der Waals surface area contributed by atoms with Crippen LogP contribution in [0.3, 0.4) is 0 Å². The summed E-state index contributed by atoms with van der Waals surface area (Å²) in [4.78, 5) is 14.5. The van der Waals surface area contributed by atoms with Gasteiger partial charge in [-0.05, 0) is 43.9 Å². The molecule has 0 saturated carbocycles. The number of halogens is 2. The number of carbonyl (C=O) groups excluding carboxylic acids is 1. The maximum absolute atomic E-state index is 13.9. The maximum atomic E-state index is 13.9. The normalized spacial score (nSPS) is 27.7. The van der Waals surface area contributed by atoms with Crippen molar-refractivity contribution in [2.45, 2.75) is 19.4 Å². The van der Waals surface area contributed by atoms with Gasteiger partial charge in [-0.1, -0.05) is 11.6 Å². The fourth-order valence-corrected chi connectivity index (χ4v) is 3.74. The quantitative estimate of drug-likeness (QED) is 0.864. The standard InChI is InChI=1S/C15H18ClFN2O/c1-15(2)12-7-18-6-9(12)8-19(15)14(20)11-5-10(16)3-4-13(11)17/h3-5,9,12,18H,6-8H2,1-2H3. The summed E-state index contributed by atoms with van der Waals surface area (Å²) >= 11 is 5.89. The lowest BCUT2D eigenvalue weighted by Gasteiger charge is -2.35. The van der Waals surface area contributed by atoms with Crippen LogP contribution in [0.4, 0.5) is 4.39 Å². The summed E-state index contributed by atoms with van der Waals surface area (Å²) in [5.74, 6) is 0.111. The van der Waals surface area contributed by atoms with E-state index >= 15 is 0 Å². The zero-order valence-corrected chi connectivity index (χ0v) is 12.4. The van der Waals surface area contributed by atoms with Crippen molar-refractivity contribution in [3.8, 4) is 0 Å². The Balaban J connectivity index is 1.93. The lowest BCUT2D eigenvalue weighted by Crippen LogP contribution is -2.47. The van der Waals surface area contributed by atoms with Gasteiger partial charge < -0.3 is 10.2 Å². The zero-order chi connectivity index (χ0) is 14.5. The van der Waals surface area contributed by atoms with Crippen LogP contribution in [0.25, 0.3) is 0 Å². The van der Waals surface area contributed by atoms with Gasteiger partial charge in [-0.25, -0.2) is 4.39 Å². The predicted octanol–water partition coefficient (Wildman–Crippen LogP) is 2.55. The molecule has 2 aliphatic rings. The number of nitrogens with one attached hydrogen (secondary N) is 1. The number of carbonyl (C=O) groups is 1. The van der Waals surface area contributed by atoms with E-state index in [1.165, 1.54) is 18.2 Å². The molecule has 0 radical (unpaired) electrons. The number of hydrogen-bond donors (Lipinski definition) is 1. The van der Waals surface area contributed by atoms with Crippen LogP contribution in [0.2, 0.25) is 5.02 Å². The van der Waals surface area contributed by atoms with E-state index in [0.29, 0.717) is 23.4 Å². The Morgan fingerprint density at radius 3 is 2.90 bits per heavy atom. The van der Waals surface area contributed by atoms with Gasteiger partial charge in [-0.2, -0.15) is 0 Å². The van der Waals surface area contributed by atoms with Crippen LogP contribution in [0.1, 0.15) is 24.2 Å². The molecule has 2 aliphatic heterocycles. The topological polar surface area (TPSA) is 32.3 Å². The minimum absolute atomic E-state index is 0.0681. The molecule has 1 N–H and O–H groups in total. The largest absolute Gasteiger partial charge is 0.333 e. The highest BCUT2D eigenvalue weighted by Gasteiger charge is 2.51. The Bertz CT molecular complexity index is 561. The van der Waals surface area contributed by atoms with Gasteiger partial charge in [0.25, 0.3) is 5.91 Å². The third kappa shape index (κ3) is 2.02. The van der Waals surface area contributed by atoms with Crippen LogP contribution >= 0.6 is 11.6 Å². The fraction of sp³-hybridized carbons (Fsp3) is 0.533. The van der Waals surface area contributed by atoms with E-state index < -0.39 is 5.82 Å². The van der Waals surface area contributed by atoms with Crippen LogP contribution in [0.5, 0.6) is 0 Å². The first-order valence-electron chi connectivity index (χ1n) is 6.89. The number of likely N-dealkylation sites (tertiary alicyclic amines) is 1. The van der Waals surface area contributed by atoms with Gasteiger partial charge in [-0.3, -0.25) is 4.79 Å². The average molecular weight is 297 g/mol. The molecule has 2 atom stereocenters. The third-order valence-corrected chi connectivity index (χ3v) is 5.00. The van der Waals surface area contributed by atoms with Crippen molar-refractivity contribution in [3.05, 3.63) is 34.6 Å². The molecule has 2 unspecified atom stereocenters. The van der Waals surface area contributed by atoms with Gasteiger partial charge >= 0.3 is 0 Å². The van der Waals surface area contributed by atoms with E-state index in [9.17, 15) is 9.18 Å². The molecule has 0 spiro atoms. The van der Waals surface area contributed by atoms with Crippen LogP contribution in [-0.2, 0) is 0 Å². The Labute approximate surface area is 123 Å². The minimum atomic E-state index is -0.509. The van der Waals surface area contributed by atoms with E-state index in [1.807, 2.05) is 0 Å². The molecule has 108 valence electrons. The molecule has 0 bridgehead atoms. The molecular formula is C15H18ClFN2O. The summed E-state index contributed by atoms with van der Waals surface area (Å²) in [7, 11) is 0. The Hall–Kier alpha value is -1.13. The number of amides is 1. The molecule has 2 fully saturated rings. The summed E-state index contributed by atoms with van der Waals surface area (Å²) in [6.07, 6.45) is 0. The lowest BCUT2D eigenvalue weighted by molar-refractivity contribution is 0.0598. The van der Waals surface area contributed by atoms with Crippen molar-refractivity contribution in [2.24, 2.45) is 11.8 Å². The first kappa shape index (κ1) is 13.8. The van der Waals surface area contributed by atoms with Gasteiger partial charge in [0.05, 0.1) is 5.56 Å². The van der Waals surface area contributed by atoms with E-state index in [0.717, 1.165) is 13.1 Å². The molecular weight excluding hydrogens is 279 g/mol. The average Bonchev–Trinajstić information content (AvgIpc) is 2.94. The van der Waals surface area contributed by atoms with E-state index in [1.54, 1.807) is 4.90 Å². The SMILES string of the molecule is CC1(C)C2CNCC2CN1C(=O)c1cc(Cl)ccc1F. The first-order chi connectivity index (χ1) is 9.41. The lowest BCUT2D eigenvalue weighted by atomic mass is 9.84. The monoisotopic (exact) mass is 296 g/mol. The van der Waals surface area contributed by atoms with Crippen LogP contribution in [0, 0.1) is 17.7 Å². The number of benzene rings is 1. The molecule has 2 heterocycles. The van der Waals surface area contributed by atoms with Gasteiger partial charge in [0.2, 0.25) is 0 Å². The van der Waals surface area contributed by atoms with Gasteiger partial charge in [-0.15, -0.1) is 0 Å². The van der Waals surface area contributed by atoms with Crippen LogP contribution in [0.15, 0.2) is 18.2 Å². The number of fused-ring (bicyclic) bond motifs is 1. The summed E-state index contributed by atoms with van der Waals surface area (Å²) in [5.41, 5.74) is -0.196. The third-order valence-electron chi connectivity index (χ3n) is 4.76. The summed E-state index contributed by atoms with van der Waals surface area (Å²) < 4.78 is 13.9. The van der Waals surface area contributed by atoms with E-state index in [4.69, 9.17) is 11.6 Å². The van der Waals surface area contributed by atoms with E-state index in [-0.39, 0.29) is 17.0 Å². The number of rotatable bonds is 1. The highest BCUT2D eigenvalue weighted by Crippen LogP contribution is 2.41. The van der Waals surface area contributed by atoms with Gasteiger partial charge in [0.15, 0.2) is 0 Å². The summed E-state index contributed by atoms with van der Waals surface area (Å²) in [6.45, 7) is 6.64. The van der Waals surface area contributed by atoms with Crippen molar-refractivity contribution in [1.82, 2.24) is 10.2 Å². The number of nitrogens with zero attached hydrogens (tertiary/aromatic N) is 1. The maximum Gasteiger partial charge on any atom is 0.257 e. The highest BCUT2D eigenvalue weighted by molar-refractivity contribution is 6.31. The molecule has 0 aromatic heterocycles. The summed E-state index contributed by atoms with van der Waals surface area (Å²) in [6, 6.07) is 4.13. The van der Waals surface area contributed by atoms with Crippen molar-refractivity contribution in [3.63, 3.8) is 0 Å². The van der Waals surface area contributed by atoms with Gasteiger partial charge in [0, 0.05) is 30.2 Å². The van der Waals surface area contributed by atoms with Gasteiger partial charge in [0.1, 0.15) is 5.82 Å². The molecule has 2 saturated heterocycles. The molecule has 20 heavy (non-hydrogen) atoms. The second-order valence-corrected chi connectivity index (χ2v) is 6.65. The summed E-state index contributed by atoms with van der Waals surface area (Å²) in [5, 5.41) is 3.75. The van der Waals surface area contributed by atoms with Crippen molar-refractivity contribution in [1.29, 1.82) is 0 Å². The second-order valence-electron chi connectivity index (χ2n) is 6.22. The molecule has 3 rings (SSSR count). The minimum Gasteiger partial charge on any atom is -0.333 e. The van der Waals surface area contributed by atoms with Crippen LogP contribution in [-0.4, -0.2) is 36.0 Å². The van der Waals surface area contributed by atoms with Crippen molar-refractivity contribution >= 4 is 17.5 Å². The van der Waals surface area contributed by atoms with Crippen molar-refractivity contribution in [2.75, 3.05) is 19.6 Å². The highest BCUT2D eigenvalue weighted by atomic mass is 35.5. The predicted molar refractivity (Wildman–Crippen MR) is 76.4 cm³/mol. The Morgan fingerprint density at radius 1 is 1.45 bits per heavy atom. The molecule has 3 nitrogen and oxygen atoms in total. The smallest absolute Gasteiger partial charge is 0.257 e. The second kappa shape index (κ2) is 4.71. The Morgan fingerprint density at radius 2 is 2.20 bits per heavy atom.